The van der Waals surface area contributed by atoms with Crippen molar-refractivity contribution in [2.24, 2.45) is 34.5 Å². The quantitative estimate of drug-likeness (QED) is 0.584. The van der Waals surface area contributed by atoms with Gasteiger partial charge in [-0.15, -0.1) is 0 Å². The number of aliphatic hydroxyl groups is 1. The number of alkyl halides is 1. The summed E-state index contributed by atoms with van der Waals surface area (Å²) >= 11 is 0. The average Bonchev–Trinajstić information content (AvgIpc) is 2.96. The topological polar surface area (TPSA) is 72.8 Å². The van der Waals surface area contributed by atoms with Crippen molar-refractivity contribution in [2.75, 3.05) is 27.0 Å². The van der Waals surface area contributed by atoms with Crippen molar-refractivity contribution in [1.29, 1.82) is 0 Å². The molecule has 2 unspecified atom stereocenters. The molecule has 5 nitrogen and oxygen atoms in total. The lowest BCUT2D eigenvalue weighted by molar-refractivity contribution is -0.265. The molecule has 0 saturated heterocycles. The van der Waals surface area contributed by atoms with Crippen molar-refractivity contribution in [2.45, 2.75) is 89.8 Å². The molecule has 0 spiro atoms. The number of Topliss-reactive ketones (excluding diaryl/α,β-unsaturated/α-hetero) is 2. The molecule has 0 bridgehead atoms. The molecule has 4 saturated carbocycles. The van der Waals surface area contributed by atoms with Gasteiger partial charge in [-0.25, -0.2) is 0 Å². The first kappa shape index (κ1) is 24.3. The highest BCUT2D eigenvalue weighted by molar-refractivity contribution is 5.90. The fourth-order valence-electron chi connectivity index (χ4n) is 8.79. The van der Waals surface area contributed by atoms with Crippen LogP contribution < -0.4 is 0 Å². The van der Waals surface area contributed by atoms with Gasteiger partial charge < -0.3 is 14.6 Å². The van der Waals surface area contributed by atoms with Gasteiger partial charge in [-0.2, -0.15) is 0 Å². The molecule has 0 aromatic rings. The third kappa shape index (κ3) is 3.11. The van der Waals surface area contributed by atoms with Crippen molar-refractivity contribution in [3.63, 3.8) is 0 Å². The lowest BCUT2D eigenvalue weighted by Crippen LogP contribution is -2.68. The fraction of sp³-hybridized carbons (Fsp3) is 0.923. The van der Waals surface area contributed by atoms with Crippen LogP contribution in [0.2, 0.25) is 0 Å². The number of fused-ring (bicyclic) bond motifs is 5. The van der Waals surface area contributed by atoms with Crippen LogP contribution in [0.5, 0.6) is 0 Å². The van der Waals surface area contributed by atoms with Crippen molar-refractivity contribution >= 4 is 11.6 Å². The summed E-state index contributed by atoms with van der Waals surface area (Å²) in [7, 11) is 1.50. The zero-order valence-corrected chi connectivity index (χ0v) is 20.3. The Labute approximate surface area is 191 Å². The van der Waals surface area contributed by atoms with Crippen LogP contribution in [0, 0.1) is 34.5 Å². The maximum absolute atomic E-state index is 13.1. The summed E-state index contributed by atoms with van der Waals surface area (Å²) in [6, 6.07) is 0. The molecular formula is C26H41FO5. The lowest BCUT2D eigenvalue weighted by atomic mass is 9.42. The monoisotopic (exact) mass is 452 g/mol. The molecule has 8 atom stereocenters. The Hall–Kier alpha value is -0.850. The van der Waals surface area contributed by atoms with Crippen LogP contribution in [0.3, 0.4) is 0 Å². The summed E-state index contributed by atoms with van der Waals surface area (Å²) < 4.78 is 24.9. The van der Waals surface area contributed by atoms with Gasteiger partial charge in [-0.05, 0) is 68.6 Å². The maximum Gasteiger partial charge on any atom is 0.190 e. The van der Waals surface area contributed by atoms with Gasteiger partial charge in [0.25, 0.3) is 0 Å². The number of rotatable bonds is 7. The second kappa shape index (κ2) is 8.42. The number of carbonyl (C=O) groups excluding carboxylic acids is 2. The third-order valence-electron chi connectivity index (χ3n) is 10.5. The van der Waals surface area contributed by atoms with E-state index in [9.17, 15) is 19.1 Å². The molecule has 0 radical (unpaired) electrons. The van der Waals surface area contributed by atoms with Crippen molar-refractivity contribution in [1.82, 2.24) is 0 Å². The SMILES string of the molecule is COCC(=O)[C@@]1(O)C(C)C[C@H]2[C@@H]3CCC4CC(=O)CC[C@]4(C)[C@@]3(OCCCF)CC[C@@]21C. The van der Waals surface area contributed by atoms with Crippen LogP contribution in [0.25, 0.3) is 0 Å². The van der Waals surface area contributed by atoms with Gasteiger partial charge in [0.15, 0.2) is 5.78 Å². The van der Waals surface area contributed by atoms with Crippen molar-refractivity contribution < 1.29 is 28.6 Å². The van der Waals surface area contributed by atoms with Crippen LogP contribution in [-0.2, 0) is 19.1 Å². The van der Waals surface area contributed by atoms with E-state index in [1.807, 2.05) is 6.92 Å². The number of carbonyl (C=O) groups is 2. The van der Waals surface area contributed by atoms with E-state index in [0.29, 0.717) is 44.0 Å². The van der Waals surface area contributed by atoms with Crippen LogP contribution in [0.4, 0.5) is 4.39 Å². The lowest BCUT2D eigenvalue weighted by Gasteiger charge is -2.67. The molecule has 0 aromatic carbocycles. The smallest absolute Gasteiger partial charge is 0.190 e. The van der Waals surface area contributed by atoms with Gasteiger partial charge in [-0.1, -0.05) is 20.8 Å². The van der Waals surface area contributed by atoms with E-state index in [1.54, 1.807) is 0 Å². The molecule has 0 amide bonds. The van der Waals surface area contributed by atoms with Gasteiger partial charge in [0.05, 0.1) is 12.3 Å². The van der Waals surface area contributed by atoms with Gasteiger partial charge in [0.2, 0.25) is 0 Å². The van der Waals surface area contributed by atoms with Gasteiger partial charge >= 0.3 is 0 Å². The van der Waals surface area contributed by atoms with Crippen molar-refractivity contribution in [3.05, 3.63) is 0 Å². The largest absolute Gasteiger partial charge is 0.381 e. The Morgan fingerprint density at radius 2 is 1.91 bits per heavy atom. The number of halogens is 1. The van der Waals surface area contributed by atoms with Crippen molar-refractivity contribution in [3.8, 4) is 0 Å². The minimum Gasteiger partial charge on any atom is -0.381 e. The molecular weight excluding hydrogens is 411 g/mol. The normalized spacial score (nSPS) is 48.1. The second-order valence-electron chi connectivity index (χ2n) is 11.6. The Morgan fingerprint density at radius 1 is 1.16 bits per heavy atom. The summed E-state index contributed by atoms with van der Waals surface area (Å²) in [4.78, 5) is 25.4. The van der Waals surface area contributed by atoms with Gasteiger partial charge in [-0.3, -0.25) is 14.0 Å². The highest BCUT2D eigenvalue weighted by Crippen LogP contribution is 2.71. The molecule has 4 rings (SSSR count). The van der Waals surface area contributed by atoms with Crippen LogP contribution >= 0.6 is 0 Å². The number of ether oxygens (including phenoxy) is 2. The number of hydrogen-bond donors (Lipinski definition) is 1. The summed E-state index contributed by atoms with van der Waals surface area (Å²) in [5.74, 6) is 0.619. The maximum atomic E-state index is 13.1. The van der Waals surface area contributed by atoms with E-state index in [-0.39, 0.29) is 35.6 Å². The number of methoxy groups -OCH3 is 1. The predicted molar refractivity (Wildman–Crippen MR) is 119 cm³/mol. The van der Waals surface area contributed by atoms with E-state index >= 15 is 0 Å². The molecule has 1 N–H and O–H groups in total. The molecule has 4 fully saturated rings. The molecule has 0 heterocycles. The average molecular weight is 453 g/mol. The first-order valence-electron chi connectivity index (χ1n) is 12.6. The summed E-state index contributed by atoms with van der Waals surface area (Å²) in [5.41, 5.74) is -2.50. The minimum atomic E-state index is -1.40. The van der Waals surface area contributed by atoms with Gasteiger partial charge in [0.1, 0.15) is 18.0 Å². The molecule has 0 aromatic heterocycles. The van der Waals surface area contributed by atoms with E-state index in [2.05, 4.69) is 13.8 Å². The van der Waals surface area contributed by atoms with E-state index in [0.717, 1.165) is 32.1 Å². The fourth-order valence-corrected chi connectivity index (χ4v) is 8.79. The molecule has 4 aliphatic carbocycles. The Kier molecular flexibility index (Phi) is 6.39. The number of ketones is 2. The predicted octanol–water partition coefficient (Wildman–Crippen LogP) is 4.29. The van der Waals surface area contributed by atoms with Crippen LogP contribution in [0.1, 0.15) is 78.6 Å². The summed E-state index contributed by atoms with van der Waals surface area (Å²) in [5, 5.41) is 11.9. The Bertz CT molecular complexity index is 756. The highest BCUT2D eigenvalue weighted by atomic mass is 19.1. The number of hydrogen-bond acceptors (Lipinski definition) is 5. The molecule has 4 aliphatic rings. The third-order valence-corrected chi connectivity index (χ3v) is 10.5. The van der Waals surface area contributed by atoms with Gasteiger partial charge in [0, 0.05) is 37.4 Å². The zero-order valence-electron chi connectivity index (χ0n) is 20.3. The van der Waals surface area contributed by atoms with Crippen LogP contribution in [-0.4, -0.2) is 54.9 Å². The van der Waals surface area contributed by atoms with E-state index < -0.39 is 23.3 Å². The standard InChI is InChI=1S/C26H41FO5/c1-17-14-21-20-7-6-18-15-19(28)8-9-23(18,2)25(20,32-13-5-12-27)11-10-24(21,3)26(17,30)22(29)16-31-4/h17-18,20-21,30H,5-16H2,1-4H3/t17?,18?,20-,21-,23-,24-,25+,26-/m0/s1. The minimum absolute atomic E-state index is 0.0755. The first-order valence-corrected chi connectivity index (χ1v) is 12.6. The summed E-state index contributed by atoms with van der Waals surface area (Å²) in [6.07, 6.45) is 6.52. The van der Waals surface area contributed by atoms with Crippen LogP contribution in [0.15, 0.2) is 0 Å². The highest BCUT2D eigenvalue weighted by Gasteiger charge is 2.73. The molecule has 0 aliphatic heterocycles. The Balaban J connectivity index is 1.74. The second-order valence-corrected chi connectivity index (χ2v) is 11.6. The Morgan fingerprint density at radius 3 is 2.59 bits per heavy atom. The molecule has 6 heteroatoms. The first-order chi connectivity index (χ1) is 15.1. The zero-order chi connectivity index (χ0) is 23.4. The van der Waals surface area contributed by atoms with E-state index in [4.69, 9.17) is 9.47 Å². The summed E-state index contributed by atoms with van der Waals surface area (Å²) in [6.45, 7) is 6.30. The molecule has 32 heavy (non-hydrogen) atoms. The molecule has 182 valence electrons. The van der Waals surface area contributed by atoms with E-state index in [1.165, 1.54) is 7.11 Å².